The Balaban J connectivity index is 3.93. The van der Waals surface area contributed by atoms with E-state index in [1.807, 2.05) is 14.2 Å². The zero-order chi connectivity index (χ0) is 11.6. The molecule has 0 aliphatic carbocycles. The standard InChI is InChI=1S/C12H28O2Si/c1-5-7-9-11-15(13-3,14-4)12-10-8-6-2/h5-12H2,1-4H3. The number of hydrogen-bond donors (Lipinski definition) is 0. The van der Waals surface area contributed by atoms with Crippen LogP contribution in [0.1, 0.15) is 52.4 Å². The van der Waals surface area contributed by atoms with Gasteiger partial charge in [-0.1, -0.05) is 52.4 Å². The van der Waals surface area contributed by atoms with Gasteiger partial charge in [0, 0.05) is 14.2 Å². The van der Waals surface area contributed by atoms with Crippen molar-refractivity contribution < 1.29 is 8.85 Å². The Bertz CT molecular complexity index is 124. The van der Waals surface area contributed by atoms with E-state index >= 15 is 0 Å². The number of rotatable bonds is 10. The molecule has 15 heavy (non-hydrogen) atoms. The van der Waals surface area contributed by atoms with Crippen molar-refractivity contribution in [3.05, 3.63) is 0 Å². The highest BCUT2D eigenvalue weighted by Crippen LogP contribution is 2.23. The summed E-state index contributed by atoms with van der Waals surface area (Å²) in [5, 5.41) is 0. The molecule has 0 N–H and O–H groups in total. The van der Waals surface area contributed by atoms with Gasteiger partial charge < -0.3 is 8.85 Å². The van der Waals surface area contributed by atoms with E-state index in [-0.39, 0.29) is 0 Å². The maximum atomic E-state index is 5.70. The van der Waals surface area contributed by atoms with E-state index in [1.165, 1.54) is 38.5 Å². The lowest BCUT2D eigenvalue weighted by molar-refractivity contribution is 0.238. The van der Waals surface area contributed by atoms with Crippen molar-refractivity contribution in [3.8, 4) is 0 Å². The fourth-order valence-electron chi connectivity index (χ4n) is 1.91. The summed E-state index contributed by atoms with van der Waals surface area (Å²) < 4.78 is 11.4. The van der Waals surface area contributed by atoms with Crippen LogP contribution in [0, 0.1) is 0 Å². The molecule has 0 aromatic heterocycles. The van der Waals surface area contributed by atoms with Gasteiger partial charge in [-0.05, 0) is 12.1 Å². The average molecular weight is 232 g/mol. The topological polar surface area (TPSA) is 18.5 Å². The Kier molecular flexibility index (Phi) is 9.45. The molecule has 3 heteroatoms. The Morgan fingerprint density at radius 1 is 0.733 bits per heavy atom. The van der Waals surface area contributed by atoms with E-state index in [2.05, 4.69) is 13.8 Å². The first-order chi connectivity index (χ1) is 7.24. The summed E-state index contributed by atoms with van der Waals surface area (Å²) in [6.07, 6.45) is 7.66. The monoisotopic (exact) mass is 232 g/mol. The highest BCUT2D eigenvalue weighted by atomic mass is 28.4. The van der Waals surface area contributed by atoms with Crippen LogP contribution in [0.2, 0.25) is 12.1 Å². The van der Waals surface area contributed by atoms with Crippen LogP contribution < -0.4 is 0 Å². The predicted octanol–water partition coefficient (Wildman–Crippen LogP) is 4.10. The maximum absolute atomic E-state index is 5.70. The molecular formula is C12H28O2Si. The van der Waals surface area contributed by atoms with Crippen molar-refractivity contribution in [3.63, 3.8) is 0 Å². The summed E-state index contributed by atoms with van der Waals surface area (Å²) in [4.78, 5) is 0. The molecule has 0 heterocycles. The van der Waals surface area contributed by atoms with Crippen LogP contribution in [0.25, 0.3) is 0 Å². The normalized spacial score (nSPS) is 12.0. The summed E-state index contributed by atoms with van der Waals surface area (Å²) in [5.74, 6) is 0. The number of unbranched alkanes of at least 4 members (excludes halogenated alkanes) is 4. The fraction of sp³-hybridized carbons (Fsp3) is 1.00. The Hall–Kier alpha value is 0.137. The molecule has 0 aromatic carbocycles. The van der Waals surface area contributed by atoms with E-state index in [1.54, 1.807) is 0 Å². The van der Waals surface area contributed by atoms with Crippen LogP contribution in [-0.4, -0.2) is 22.8 Å². The first kappa shape index (κ1) is 15.1. The SMILES string of the molecule is CCCCC[Si](CCCCC)(OC)OC. The zero-order valence-electron chi connectivity index (χ0n) is 11.0. The molecule has 0 aliphatic rings. The van der Waals surface area contributed by atoms with E-state index in [9.17, 15) is 0 Å². The largest absolute Gasteiger partial charge is 0.398 e. The smallest absolute Gasteiger partial charge is 0.337 e. The second-order valence-electron chi connectivity index (χ2n) is 4.23. The van der Waals surface area contributed by atoms with Crippen LogP contribution in [-0.2, 0) is 8.85 Å². The van der Waals surface area contributed by atoms with Gasteiger partial charge in [0.25, 0.3) is 0 Å². The summed E-state index contributed by atoms with van der Waals surface area (Å²) in [7, 11) is 1.84. The highest BCUT2D eigenvalue weighted by molar-refractivity contribution is 6.67. The van der Waals surface area contributed by atoms with Crippen LogP contribution in [0.4, 0.5) is 0 Å². The molecule has 0 bridgehead atoms. The van der Waals surface area contributed by atoms with Crippen molar-refractivity contribution in [1.82, 2.24) is 0 Å². The van der Waals surface area contributed by atoms with Gasteiger partial charge in [0.2, 0.25) is 0 Å². The first-order valence-corrected chi connectivity index (χ1v) is 8.58. The van der Waals surface area contributed by atoms with Gasteiger partial charge in [-0.25, -0.2) is 0 Å². The summed E-state index contributed by atoms with van der Waals surface area (Å²) in [6, 6.07) is 2.33. The predicted molar refractivity (Wildman–Crippen MR) is 68.4 cm³/mol. The molecule has 0 radical (unpaired) electrons. The lowest BCUT2D eigenvalue weighted by Gasteiger charge is -2.27. The molecule has 0 atom stereocenters. The first-order valence-electron chi connectivity index (χ1n) is 6.35. The fourth-order valence-corrected chi connectivity index (χ4v) is 4.72. The molecule has 0 aliphatic heterocycles. The molecule has 92 valence electrons. The Morgan fingerprint density at radius 2 is 1.13 bits per heavy atom. The minimum Gasteiger partial charge on any atom is -0.398 e. The third kappa shape index (κ3) is 6.33. The molecule has 2 nitrogen and oxygen atoms in total. The molecule has 0 unspecified atom stereocenters. The third-order valence-corrected chi connectivity index (χ3v) is 6.79. The van der Waals surface area contributed by atoms with Crippen molar-refractivity contribution in [2.24, 2.45) is 0 Å². The third-order valence-electron chi connectivity index (χ3n) is 3.07. The lowest BCUT2D eigenvalue weighted by Crippen LogP contribution is -2.39. The van der Waals surface area contributed by atoms with E-state index in [0.717, 1.165) is 12.1 Å². The van der Waals surface area contributed by atoms with Crippen molar-refractivity contribution >= 4 is 8.56 Å². The van der Waals surface area contributed by atoms with E-state index in [4.69, 9.17) is 8.85 Å². The van der Waals surface area contributed by atoms with Gasteiger partial charge in [0.05, 0.1) is 0 Å². The Labute approximate surface area is 96.6 Å². The number of hydrogen-bond acceptors (Lipinski definition) is 2. The van der Waals surface area contributed by atoms with Gasteiger partial charge in [0.1, 0.15) is 0 Å². The molecule has 0 fully saturated rings. The maximum Gasteiger partial charge on any atom is 0.337 e. The van der Waals surface area contributed by atoms with Crippen LogP contribution in [0.3, 0.4) is 0 Å². The van der Waals surface area contributed by atoms with Crippen molar-refractivity contribution in [1.29, 1.82) is 0 Å². The quantitative estimate of drug-likeness (QED) is 0.417. The van der Waals surface area contributed by atoms with Gasteiger partial charge >= 0.3 is 8.56 Å². The van der Waals surface area contributed by atoms with Crippen LogP contribution in [0.5, 0.6) is 0 Å². The lowest BCUT2D eigenvalue weighted by atomic mass is 10.3. The highest BCUT2D eigenvalue weighted by Gasteiger charge is 2.33. The summed E-state index contributed by atoms with van der Waals surface area (Å²) in [6.45, 7) is 4.47. The molecule has 0 spiro atoms. The zero-order valence-corrected chi connectivity index (χ0v) is 12.0. The molecule has 0 aromatic rings. The van der Waals surface area contributed by atoms with Gasteiger partial charge in [-0.2, -0.15) is 0 Å². The van der Waals surface area contributed by atoms with E-state index < -0.39 is 8.56 Å². The van der Waals surface area contributed by atoms with E-state index in [0.29, 0.717) is 0 Å². The summed E-state index contributed by atoms with van der Waals surface area (Å²) in [5.41, 5.74) is 0. The van der Waals surface area contributed by atoms with Crippen molar-refractivity contribution in [2.75, 3.05) is 14.2 Å². The van der Waals surface area contributed by atoms with Gasteiger partial charge in [0.15, 0.2) is 0 Å². The second-order valence-corrected chi connectivity index (χ2v) is 7.87. The Morgan fingerprint density at radius 3 is 1.40 bits per heavy atom. The average Bonchev–Trinajstić information content (AvgIpc) is 2.28. The molecule has 0 saturated carbocycles. The van der Waals surface area contributed by atoms with Gasteiger partial charge in [-0.3, -0.25) is 0 Å². The molecule has 0 rings (SSSR count). The minimum atomic E-state index is -1.82. The molecular weight excluding hydrogens is 204 g/mol. The van der Waals surface area contributed by atoms with Crippen LogP contribution in [0.15, 0.2) is 0 Å². The van der Waals surface area contributed by atoms with Crippen LogP contribution >= 0.6 is 0 Å². The summed E-state index contributed by atoms with van der Waals surface area (Å²) >= 11 is 0. The van der Waals surface area contributed by atoms with Crippen molar-refractivity contribution in [2.45, 2.75) is 64.5 Å². The molecule has 0 saturated heterocycles. The second kappa shape index (κ2) is 9.37. The molecule has 0 amide bonds. The minimum absolute atomic E-state index is 1.16. The van der Waals surface area contributed by atoms with Gasteiger partial charge in [-0.15, -0.1) is 0 Å².